The van der Waals surface area contributed by atoms with Crippen LogP contribution in [0.4, 0.5) is 0 Å². The van der Waals surface area contributed by atoms with Crippen LogP contribution in [0.3, 0.4) is 0 Å². The quantitative estimate of drug-likeness (QED) is 0.173. The zero-order chi connectivity index (χ0) is 36.1. The van der Waals surface area contributed by atoms with Crippen LogP contribution in [0.2, 0.25) is 0 Å². The Morgan fingerprint density at radius 1 is 0.236 bits per heavy atom. The molecule has 0 nitrogen and oxygen atoms in total. The fourth-order valence-electron chi connectivity index (χ4n) is 10.0. The lowest BCUT2D eigenvalue weighted by Crippen LogP contribution is -2.25. The minimum absolute atomic E-state index is 0.422. The minimum atomic E-state index is -0.422. The summed E-state index contributed by atoms with van der Waals surface area (Å²) in [6.07, 6.45) is 0. The molecular formula is C55H34. The SMILES string of the molecule is c1ccc2c(c1)-c1ccccc1C21c2ccccc2-c2c1cc(-c1cc(-c3ccc4ccccc4c3)cc(-c3ccc4ccccc4c3)c1)c1ccccc21. The molecule has 0 aliphatic heterocycles. The molecule has 0 unspecified atom stereocenters. The molecule has 0 heteroatoms. The van der Waals surface area contributed by atoms with Crippen molar-refractivity contribution in [2.24, 2.45) is 0 Å². The lowest BCUT2D eigenvalue weighted by Gasteiger charge is -2.31. The molecule has 0 atom stereocenters. The number of hydrogen-bond donors (Lipinski definition) is 0. The molecular weight excluding hydrogens is 661 g/mol. The molecule has 0 saturated carbocycles. The van der Waals surface area contributed by atoms with Gasteiger partial charge in [0, 0.05) is 0 Å². The van der Waals surface area contributed by atoms with E-state index >= 15 is 0 Å². The molecule has 0 heterocycles. The van der Waals surface area contributed by atoms with Crippen molar-refractivity contribution < 1.29 is 0 Å². The van der Waals surface area contributed by atoms with Gasteiger partial charge in [0.2, 0.25) is 0 Å². The van der Waals surface area contributed by atoms with Crippen LogP contribution in [0.15, 0.2) is 206 Å². The maximum atomic E-state index is 2.56. The first-order valence-electron chi connectivity index (χ1n) is 19.2. The molecule has 0 amide bonds. The molecule has 254 valence electrons. The van der Waals surface area contributed by atoms with Crippen molar-refractivity contribution in [1.29, 1.82) is 0 Å². The molecule has 0 fully saturated rings. The van der Waals surface area contributed by atoms with E-state index in [1.165, 1.54) is 110 Å². The van der Waals surface area contributed by atoms with Gasteiger partial charge in [-0.15, -0.1) is 0 Å². The topological polar surface area (TPSA) is 0 Å². The second-order valence-electron chi connectivity index (χ2n) is 15.2. The van der Waals surface area contributed by atoms with Gasteiger partial charge in [-0.2, -0.15) is 0 Å². The van der Waals surface area contributed by atoms with Crippen LogP contribution in [0.1, 0.15) is 22.3 Å². The van der Waals surface area contributed by atoms with Crippen molar-refractivity contribution in [3.8, 4) is 55.6 Å². The molecule has 10 aromatic rings. The third kappa shape index (κ3) is 4.28. The van der Waals surface area contributed by atoms with Gasteiger partial charge >= 0.3 is 0 Å². The van der Waals surface area contributed by atoms with E-state index in [1.54, 1.807) is 0 Å². The summed E-state index contributed by atoms with van der Waals surface area (Å²) in [6, 6.07) is 77.3. The second kappa shape index (κ2) is 11.5. The Morgan fingerprint density at radius 2 is 0.673 bits per heavy atom. The zero-order valence-corrected chi connectivity index (χ0v) is 30.1. The van der Waals surface area contributed by atoms with Gasteiger partial charge in [-0.1, -0.05) is 170 Å². The number of hydrogen-bond acceptors (Lipinski definition) is 0. The summed E-state index contributed by atoms with van der Waals surface area (Å²) in [4.78, 5) is 0. The molecule has 0 saturated heterocycles. The van der Waals surface area contributed by atoms with Gasteiger partial charge in [-0.3, -0.25) is 0 Å². The Hall–Kier alpha value is -7.02. The molecule has 2 aliphatic rings. The average Bonchev–Trinajstić information content (AvgIpc) is 3.73. The molecule has 12 rings (SSSR count). The predicted molar refractivity (Wildman–Crippen MR) is 232 cm³/mol. The van der Waals surface area contributed by atoms with Crippen LogP contribution in [0.25, 0.3) is 88.0 Å². The molecule has 55 heavy (non-hydrogen) atoms. The van der Waals surface area contributed by atoms with Gasteiger partial charge in [-0.05, 0) is 147 Å². The smallest absolute Gasteiger partial charge is 0.0619 e. The first-order chi connectivity index (χ1) is 27.3. The lowest BCUT2D eigenvalue weighted by atomic mass is 9.70. The first kappa shape index (κ1) is 30.4. The van der Waals surface area contributed by atoms with Crippen molar-refractivity contribution in [2.75, 3.05) is 0 Å². The number of fused-ring (bicyclic) bond motifs is 14. The van der Waals surface area contributed by atoms with E-state index in [4.69, 9.17) is 0 Å². The Kier molecular flexibility index (Phi) is 6.36. The Balaban J connectivity index is 1.18. The molecule has 0 radical (unpaired) electrons. The van der Waals surface area contributed by atoms with E-state index in [-0.39, 0.29) is 0 Å². The average molecular weight is 695 g/mol. The van der Waals surface area contributed by atoms with Crippen LogP contribution in [-0.2, 0) is 5.41 Å². The summed E-state index contributed by atoms with van der Waals surface area (Å²) < 4.78 is 0. The van der Waals surface area contributed by atoms with Crippen LogP contribution < -0.4 is 0 Å². The number of benzene rings is 10. The monoisotopic (exact) mass is 694 g/mol. The summed E-state index contributed by atoms with van der Waals surface area (Å²) in [5, 5.41) is 7.57. The molecule has 0 aromatic heterocycles. The van der Waals surface area contributed by atoms with Crippen LogP contribution >= 0.6 is 0 Å². The predicted octanol–water partition coefficient (Wildman–Crippen LogP) is 14.5. The standard InChI is InChI=1S/C55H34/c1-3-15-37-29-39(27-25-35(37)13-1)41-31-42(40-28-26-36-14-2-4-16-38(36)30-40)33-43(32-41)49-34-53-54(47-20-6-5-17-44(47)49)48-21-9-12-24-52(48)55(53)50-22-10-7-18-45(50)46-19-8-11-23-51(46)55/h1-34H. The Bertz CT molecular complexity index is 3070. The van der Waals surface area contributed by atoms with E-state index in [0.717, 1.165) is 0 Å². The van der Waals surface area contributed by atoms with E-state index in [2.05, 4.69) is 206 Å². The third-order valence-corrected chi connectivity index (χ3v) is 12.4. The van der Waals surface area contributed by atoms with Crippen molar-refractivity contribution in [2.45, 2.75) is 5.41 Å². The van der Waals surface area contributed by atoms with E-state index in [0.29, 0.717) is 0 Å². The zero-order valence-electron chi connectivity index (χ0n) is 30.1. The number of rotatable bonds is 3. The fraction of sp³-hybridized carbons (Fsp3) is 0.0182. The minimum Gasteiger partial charge on any atom is -0.0619 e. The Labute approximate surface area is 320 Å². The molecule has 0 bridgehead atoms. The highest BCUT2D eigenvalue weighted by molar-refractivity contribution is 6.11. The maximum absolute atomic E-state index is 2.56. The van der Waals surface area contributed by atoms with Crippen molar-refractivity contribution in [1.82, 2.24) is 0 Å². The second-order valence-corrected chi connectivity index (χ2v) is 15.2. The third-order valence-electron chi connectivity index (χ3n) is 12.4. The molecule has 0 N–H and O–H groups in total. The first-order valence-corrected chi connectivity index (χ1v) is 19.2. The van der Waals surface area contributed by atoms with Gasteiger partial charge < -0.3 is 0 Å². The van der Waals surface area contributed by atoms with E-state index in [9.17, 15) is 0 Å². The van der Waals surface area contributed by atoms with Crippen molar-refractivity contribution in [3.63, 3.8) is 0 Å². The van der Waals surface area contributed by atoms with Crippen molar-refractivity contribution >= 4 is 32.3 Å². The molecule has 10 aromatic carbocycles. The summed E-state index contributed by atoms with van der Waals surface area (Å²) in [5.41, 5.74) is 17.7. The van der Waals surface area contributed by atoms with E-state index in [1.807, 2.05) is 0 Å². The van der Waals surface area contributed by atoms with Crippen LogP contribution in [-0.4, -0.2) is 0 Å². The van der Waals surface area contributed by atoms with Crippen molar-refractivity contribution in [3.05, 3.63) is 229 Å². The fourth-order valence-corrected chi connectivity index (χ4v) is 10.0. The largest absolute Gasteiger partial charge is 0.0725 e. The highest BCUT2D eigenvalue weighted by Gasteiger charge is 2.52. The highest BCUT2D eigenvalue weighted by Crippen LogP contribution is 2.64. The summed E-state index contributed by atoms with van der Waals surface area (Å²) in [6.45, 7) is 0. The lowest BCUT2D eigenvalue weighted by molar-refractivity contribution is 0.794. The summed E-state index contributed by atoms with van der Waals surface area (Å²) >= 11 is 0. The van der Waals surface area contributed by atoms with Gasteiger partial charge in [0.1, 0.15) is 0 Å². The Morgan fingerprint density at radius 3 is 1.25 bits per heavy atom. The molecule has 1 spiro atoms. The van der Waals surface area contributed by atoms with Gasteiger partial charge in [0.25, 0.3) is 0 Å². The van der Waals surface area contributed by atoms with Crippen LogP contribution in [0.5, 0.6) is 0 Å². The van der Waals surface area contributed by atoms with E-state index < -0.39 is 5.41 Å². The van der Waals surface area contributed by atoms with Gasteiger partial charge in [-0.25, -0.2) is 0 Å². The highest BCUT2D eigenvalue weighted by atomic mass is 14.5. The normalized spacial score (nSPS) is 13.2. The molecule has 2 aliphatic carbocycles. The van der Waals surface area contributed by atoms with Gasteiger partial charge in [0.05, 0.1) is 5.41 Å². The van der Waals surface area contributed by atoms with Gasteiger partial charge in [0.15, 0.2) is 0 Å². The summed E-state index contributed by atoms with van der Waals surface area (Å²) in [5.74, 6) is 0. The summed E-state index contributed by atoms with van der Waals surface area (Å²) in [7, 11) is 0. The maximum Gasteiger partial charge on any atom is 0.0725 e. The van der Waals surface area contributed by atoms with Crippen LogP contribution in [0, 0.1) is 0 Å².